The zero-order valence-electron chi connectivity index (χ0n) is 15.2. The number of hydrogen-bond acceptors (Lipinski definition) is 4. The molecule has 26 heavy (non-hydrogen) atoms. The van der Waals surface area contributed by atoms with E-state index < -0.39 is 0 Å². The molecule has 2 rings (SSSR count). The molecular formula is C19H25N3O4. The lowest BCUT2D eigenvalue weighted by Gasteiger charge is -2.07. The Kier molecular flexibility index (Phi) is 7.20. The zero-order valence-corrected chi connectivity index (χ0v) is 15.2. The summed E-state index contributed by atoms with van der Waals surface area (Å²) in [5.74, 6) is 0.547. The third kappa shape index (κ3) is 5.91. The fraction of sp³-hybridized carbons (Fsp3) is 0.421. The van der Waals surface area contributed by atoms with E-state index in [0.29, 0.717) is 36.3 Å². The molecular weight excluding hydrogens is 334 g/mol. The van der Waals surface area contributed by atoms with Crippen molar-refractivity contribution >= 4 is 22.7 Å². The predicted molar refractivity (Wildman–Crippen MR) is 100 cm³/mol. The quantitative estimate of drug-likeness (QED) is 0.591. The Labute approximate surface area is 152 Å². The van der Waals surface area contributed by atoms with Gasteiger partial charge in [0.15, 0.2) is 0 Å². The van der Waals surface area contributed by atoms with Crippen molar-refractivity contribution in [3.05, 3.63) is 40.2 Å². The minimum Gasteiger partial charge on any atom is -0.497 e. The van der Waals surface area contributed by atoms with Crippen molar-refractivity contribution in [2.75, 3.05) is 20.2 Å². The molecule has 7 heteroatoms. The number of hydrogen-bond donors (Lipinski definition) is 3. The maximum absolute atomic E-state index is 12.2. The average Bonchev–Trinajstić information content (AvgIpc) is 2.62. The van der Waals surface area contributed by atoms with Crippen LogP contribution in [-0.4, -0.2) is 37.0 Å². The fourth-order valence-electron chi connectivity index (χ4n) is 2.62. The Morgan fingerprint density at radius 1 is 1.12 bits per heavy atom. The zero-order chi connectivity index (χ0) is 18.9. The SMILES string of the molecule is COc1ccc2cc(CCC(=O)NCCCCNC(C)=O)c(=O)[nH]c2c1. The highest BCUT2D eigenvalue weighted by molar-refractivity contribution is 5.81. The Hall–Kier alpha value is -2.83. The number of benzene rings is 1. The second-order valence-corrected chi connectivity index (χ2v) is 6.12. The van der Waals surface area contributed by atoms with Crippen LogP contribution in [-0.2, 0) is 16.0 Å². The first-order chi connectivity index (χ1) is 12.5. The van der Waals surface area contributed by atoms with Crippen LogP contribution < -0.4 is 20.9 Å². The highest BCUT2D eigenvalue weighted by Crippen LogP contribution is 2.18. The number of pyridine rings is 1. The summed E-state index contributed by atoms with van der Waals surface area (Å²) in [6, 6.07) is 7.30. The van der Waals surface area contributed by atoms with Gasteiger partial charge >= 0.3 is 0 Å². The Balaban J connectivity index is 1.81. The van der Waals surface area contributed by atoms with E-state index in [4.69, 9.17) is 4.74 Å². The molecule has 2 aromatic rings. The topological polar surface area (TPSA) is 100 Å². The maximum Gasteiger partial charge on any atom is 0.251 e. The van der Waals surface area contributed by atoms with Crippen LogP contribution in [0.1, 0.15) is 31.7 Å². The van der Waals surface area contributed by atoms with Gasteiger partial charge in [-0.2, -0.15) is 0 Å². The van der Waals surface area contributed by atoms with Crippen LogP contribution in [0.15, 0.2) is 29.1 Å². The van der Waals surface area contributed by atoms with Crippen molar-refractivity contribution in [3.8, 4) is 5.75 Å². The minimum absolute atomic E-state index is 0.0481. The largest absolute Gasteiger partial charge is 0.497 e. The average molecular weight is 359 g/mol. The number of aromatic nitrogens is 1. The van der Waals surface area contributed by atoms with Crippen LogP contribution >= 0.6 is 0 Å². The Bertz CT molecular complexity index is 829. The van der Waals surface area contributed by atoms with Gasteiger partial charge < -0.3 is 20.4 Å². The number of ether oxygens (including phenoxy) is 1. The standard InChI is InChI=1S/C19H25N3O4/c1-13(23)20-9-3-4-10-21-18(24)8-6-15-11-14-5-7-16(26-2)12-17(14)22-19(15)25/h5,7,11-12H,3-4,6,8-10H2,1-2H3,(H,20,23)(H,21,24)(H,22,25). The second-order valence-electron chi connectivity index (χ2n) is 6.12. The van der Waals surface area contributed by atoms with Crippen molar-refractivity contribution in [2.24, 2.45) is 0 Å². The molecule has 1 aromatic heterocycles. The second kappa shape index (κ2) is 9.60. The molecule has 7 nitrogen and oxygen atoms in total. The van der Waals surface area contributed by atoms with Gasteiger partial charge in [-0.05, 0) is 42.8 Å². The maximum atomic E-state index is 12.2. The summed E-state index contributed by atoms with van der Waals surface area (Å²) < 4.78 is 5.15. The lowest BCUT2D eigenvalue weighted by Crippen LogP contribution is -2.27. The lowest BCUT2D eigenvalue weighted by molar-refractivity contribution is -0.121. The van der Waals surface area contributed by atoms with E-state index >= 15 is 0 Å². The summed E-state index contributed by atoms with van der Waals surface area (Å²) in [4.78, 5) is 37.6. The van der Waals surface area contributed by atoms with E-state index in [1.807, 2.05) is 18.2 Å². The van der Waals surface area contributed by atoms with Gasteiger partial charge in [-0.1, -0.05) is 0 Å². The summed E-state index contributed by atoms with van der Waals surface area (Å²) in [5, 5.41) is 6.44. The van der Waals surface area contributed by atoms with Crippen molar-refractivity contribution < 1.29 is 14.3 Å². The molecule has 140 valence electrons. The minimum atomic E-state index is -0.186. The van der Waals surface area contributed by atoms with Crippen molar-refractivity contribution in [1.29, 1.82) is 0 Å². The summed E-state index contributed by atoms with van der Waals surface area (Å²) >= 11 is 0. The molecule has 0 aliphatic carbocycles. The molecule has 0 atom stereocenters. The molecule has 0 unspecified atom stereocenters. The van der Waals surface area contributed by atoms with E-state index in [1.165, 1.54) is 6.92 Å². The third-order valence-corrected chi connectivity index (χ3v) is 4.05. The van der Waals surface area contributed by atoms with E-state index in [1.54, 1.807) is 13.2 Å². The number of methoxy groups -OCH3 is 1. The lowest BCUT2D eigenvalue weighted by atomic mass is 10.1. The van der Waals surface area contributed by atoms with E-state index in [0.717, 1.165) is 18.2 Å². The summed E-state index contributed by atoms with van der Waals surface area (Å²) in [6.45, 7) is 2.65. The molecule has 0 aliphatic heterocycles. The van der Waals surface area contributed by atoms with Crippen LogP contribution in [0.3, 0.4) is 0 Å². The fourth-order valence-corrected chi connectivity index (χ4v) is 2.62. The molecule has 1 aromatic carbocycles. The van der Waals surface area contributed by atoms with E-state index in [-0.39, 0.29) is 23.8 Å². The molecule has 0 fully saturated rings. The van der Waals surface area contributed by atoms with Gasteiger partial charge in [0, 0.05) is 38.1 Å². The summed E-state index contributed by atoms with van der Waals surface area (Å²) in [7, 11) is 1.58. The third-order valence-electron chi connectivity index (χ3n) is 4.05. The van der Waals surface area contributed by atoms with Gasteiger partial charge in [-0.15, -0.1) is 0 Å². The van der Waals surface area contributed by atoms with Gasteiger partial charge in [-0.3, -0.25) is 14.4 Å². The first kappa shape index (κ1) is 19.5. The monoisotopic (exact) mass is 359 g/mol. The van der Waals surface area contributed by atoms with Crippen LogP contribution in [0.4, 0.5) is 0 Å². The van der Waals surface area contributed by atoms with Crippen LogP contribution in [0.2, 0.25) is 0 Å². The first-order valence-electron chi connectivity index (χ1n) is 8.70. The molecule has 1 heterocycles. The van der Waals surface area contributed by atoms with E-state index in [2.05, 4.69) is 15.6 Å². The van der Waals surface area contributed by atoms with Gasteiger partial charge in [-0.25, -0.2) is 0 Å². The number of nitrogens with one attached hydrogen (secondary N) is 3. The smallest absolute Gasteiger partial charge is 0.251 e. The molecule has 0 saturated carbocycles. The van der Waals surface area contributed by atoms with Gasteiger partial charge in [0.25, 0.3) is 5.56 Å². The van der Waals surface area contributed by atoms with Gasteiger partial charge in [0.2, 0.25) is 11.8 Å². The first-order valence-corrected chi connectivity index (χ1v) is 8.70. The highest BCUT2D eigenvalue weighted by Gasteiger charge is 2.07. The number of H-pyrrole nitrogens is 1. The number of carbonyl (C=O) groups is 2. The molecule has 0 bridgehead atoms. The van der Waals surface area contributed by atoms with Crippen molar-refractivity contribution in [1.82, 2.24) is 15.6 Å². The van der Waals surface area contributed by atoms with Crippen LogP contribution in [0.5, 0.6) is 5.75 Å². The number of unbranched alkanes of at least 4 members (excludes halogenated alkanes) is 1. The molecule has 0 radical (unpaired) electrons. The Morgan fingerprint density at radius 3 is 2.54 bits per heavy atom. The number of rotatable bonds is 9. The molecule has 2 amide bonds. The number of carbonyl (C=O) groups excluding carboxylic acids is 2. The van der Waals surface area contributed by atoms with Crippen LogP contribution in [0.25, 0.3) is 10.9 Å². The van der Waals surface area contributed by atoms with Gasteiger partial charge in [0.05, 0.1) is 12.6 Å². The summed E-state index contributed by atoms with van der Waals surface area (Å²) in [5.41, 5.74) is 1.11. The highest BCUT2D eigenvalue weighted by atomic mass is 16.5. The predicted octanol–water partition coefficient (Wildman–Crippen LogP) is 1.50. The molecule has 0 aliphatic rings. The Morgan fingerprint density at radius 2 is 1.85 bits per heavy atom. The number of aryl methyl sites for hydroxylation is 1. The number of amides is 2. The molecule has 0 saturated heterocycles. The number of aromatic amines is 1. The molecule has 0 spiro atoms. The molecule has 3 N–H and O–H groups in total. The summed E-state index contributed by atoms with van der Waals surface area (Å²) in [6.07, 6.45) is 2.25. The van der Waals surface area contributed by atoms with Crippen molar-refractivity contribution in [3.63, 3.8) is 0 Å². The van der Waals surface area contributed by atoms with E-state index in [9.17, 15) is 14.4 Å². The van der Waals surface area contributed by atoms with Crippen molar-refractivity contribution in [2.45, 2.75) is 32.6 Å². The van der Waals surface area contributed by atoms with Crippen LogP contribution in [0, 0.1) is 0 Å². The number of fused-ring (bicyclic) bond motifs is 1. The van der Waals surface area contributed by atoms with Gasteiger partial charge in [0.1, 0.15) is 5.75 Å². The normalized spacial score (nSPS) is 10.5.